The monoisotopic (exact) mass is 333 g/mol. The van der Waals surface area contributed by atoms with Crippen LogP contribution in [-0.4, -0.2) is 12.5 Å². The summed E-state index contributed by atoms with van der Waals surface area (Å²) in [6, 6.07) is 10.2. The average Bonchev–Trinajstić information content (AvgIpc) is 3.28. The van der Waals surface area contributed by atoms with E-state index in [4.69, 9.17) is 4.42 Å². The standard InChI is InChI=1S/C20H19N3O2/c24-20(22-13-3-1-4-13)12-6-7-16-15(11-12)18-14(8-9-21-18)19(23-16)17-5-2-10-25-17/h1-7,10-11,14,18-19,21,23H,8-9H2,(H,22,24). The molecule has 3 N–H and O–H groups in total. The van der Waals surface area contributed by atoms with Gasteiger partial charge in [-0.05, 0) is 61.0 Å². The molecule has 1 aromatic heterocycles. The summed E-state index contributed by atoms with van der Waals surface area (Å²) in [6.07, 6.45) is 8.49. The van der Waals surface area contributed by atoms with Crippen molar-refractivity contribution in [3.05, 3.63) is 77.4 Å². The minimum atomic E-state index is -0.0684. The summed E-state index contributed by atoms with van der Waals surface area (Å²) in [5, 5.41) is 10.1. The molecule has 2 aliphatic heterocycles. The van der Waals surface area contributed by atoms with E-state index in [1.54, 1.807) is 6.26 Å². The van der Waals surface area contributed by atoms with E-state index in [0.29, 0.717) is 11.5 Å². The van der Waals surface area contributed by atoms with Gasteiger partial charge in [0.2, 0.25) is 0 Å². The van der Waals surface area contributed by atoms with Gasteiger partial charge >= 0.3 is 0 Å². The van der Waals surface area contributed by atoms with Crippen LogP contribution in [0.25, 0.3) is 0 Å². The number of nitrogens with one attached hydrogen (secondary N) is 3. The van der Waals surface area contributed by atoms with Crippen LogP contribution in [0.1, 0.15) is 40.2 Å². The first-order chi connectivity index (χ1) is 12.3. The van der Waals surface area contributed by atoms with Crippen molar-refractivity contribution in [3.63, 3.8) is 0 Å². The van der Waals surface area contributed by atoms with Crippen LogP contribution in [0.2, 0.25) is 0 Å². The van der Waals surface area contributed by atoms with Gasteiger partial charge in [0.25, 0.3) is 5.91 Å². The van der Waals surface area contributed by atoms with Crippen LogP contribution >= 0.6 is 0 Å². The SMILES string of the molecule is O=C(NC1=CC=C1)c1ccc2c(c1)C1NCCC1C(c1ccco1)N2. The fourth-order valence-corrected chi connectivity index (χ4v) is 4.02. The molecule has 126 valence electrons. The van der Waals surface area contributed by atoms with E-state index in [9.17, 15) is 4.79 Å². The maximum Gasteiger partial charge on any atom is 0.255 e. The molecule has 0 radical (unpaired) electrons. The van der Waals surface area contributed by atoms with E-state index < -0.39 is 0 Å². The third-order valence-corrected chi connectivity index (χ3v) is 5.32. The second-order valence-corrected chi connectivity index (χ2v) is 6.76. The highest BCUT2D eigenvalue weighted by Gasteiger charge is 2.41. The molecule has 1 aliphatic carbocycles. The van der Waals surface area contributed by atoms with Crippen LogP contribution < -0.4 is 16.0 Å². The highest BCUT2D eigenvalue weighted by molar-refractivity contribution is 5.96. The Labute approximate surface area is 145 Å². The molecule has 3 heterocycles. The summed E-state index contributed by atoms with van der Waals surface area (Å²) in [5.41, 5.74) is 3.77. The predicted octanol–water partition coefficient (Wildman–Crippen LogP) is 3.28. The van der Waals surface area contributed by atoms with Crippen molar-refractivity contribution >= 4 is 11.6 Å². The molecule has 5 heteroatoms. The Bertz CT molecular complexity index is 882. The van der Waals surface area contributed by atoms with Crippen LogP contribution in [0.4, 0.5) is 5.69 Å². The van der Waals surface area contributed by atoms with Gasteiger partial charge in [0.05, 0.1) is 12.3 Å². The van der Waals surface area contributed by atoms with Crippen molar-refractivity contribution in [2.24, 2.45) is 5.92 Å². The highest BCUT2D eigenvalue weighted by Crippen LogP contribution is 2.47. The van der Waals surface area contributed by atoms with Gasteiger partial charge in [0, 0.05) is 28.9 Å². The van der Waals surface area contributed by atoms with Gasteiger partial charge < -0.3 is 20.4 Å². The second-order valence-electron chi connectivity index (χ2n) is 6.76. The Balaban J connectivity index is 1.47. The molecule has 0 bridgehead atoms. The second kappa shape index (κ2) is 5.63. The molecule has 1 fully saturated rings. The molecule has 1 aromatic carbocycles. The maximum absolute atomic E-state index is 12.4. The number of carbonyl (C=O) groups excluding carboxylic acids is 1. The highest BCUT2D eigenvalue weighted by atomic mass is 16.3. The van der Waals surface area contributed by atoms with Gasteiger partial charge in [-0.1, -0.05) is 6.08 Å². The minimum absolute atomic E-state index is 0.0684. The zero-order chi connectivity index (χ0) is 16.8. The Kier molecular flexibility index (Phi) is 3.28. The van der Waals surface area contributed by atoms with Crippen molar-refractivity contribution in [1.82, 2.24) is 10.6 Å². The van der Waals surface area contributed by atoms with E-state index in [1.165, 1.54) is 0 Å². The Morgan fingerprint density at radius 2 is 2.16 bits per heavy atom. The third kappa shape index (κ3) is 2.39. The van der Waals surface area contributed by atoms with Gasteiger partial charge in [-0.25, -0.2) is 0 Å². The Morgan fingerprint density at radius 1 is 1.24 bits per heavy atom. The van der Waals surface area contributed by atoms with Gasteiger partial charge in [0.1, 0.15) is 5.76 Å². The maximum atomic E-state index is 12.4. The van der Waals surface area contributed by atoms with Crippen LogP contribution in [0.3, 0.4) is 0 Å². The lowest BCUT2D eigenvalue weighted by Gasteiger charge is -2.36. The van der Waals surface area contributed by atoms with E-state index in [1.807, 2.05) is 48.6 Å². The van der Waals surface area contributed by atoms with Gasteiger partial charge in [-0.3, -0.25) is 4.79 Å². The number of rotatable bonds is 3. The number of carbonyl (C=O) groups is 1. The third-order valence-electron chi connectivity index (χ3n) is 5.32. The lowest BCUT2D eigenvalue weighted by molar-refractivity contribution is 0.0966. The molecule has 1 saturated heterocycles. The molecular formula is C20H19N3O2. The van der Waals surface area contributed by atoms with Gasteiger partial charge in [0.15, 0.2) is 0 Å². The molecule has 1 amide bonds. The van der Waals surface area contributed by atoms with Crippen molar-refractivity contribution in [2.45, 2.75) is 18.5 Å². The summed E-state index contributed by atoms with van der Waals surface area (Å²) < 4.78 is 5.65. The summed E-state index contributed by atoms with van der Waals surface area (Å²) in [5.74, 6) is 1.31. The molecule has 3 atom stereocenters. The number of hydrogen-bond acceptors (Lipinski definition) is 4. The molecular weight excluding hydrogens is 314 g/mol. The molecule has 0 saturated carbocycles. The smallest absolute Gasteiger partial charge is 0.255 e. The molecule has 3 unspecified atom stereocenters. The fourth-order valence-electron chi connectivity index (χ4n) is 4.02. The molecule has 3 aliphatic rings. The number of anilines is 1. The summed E-state index contributed by atoms with van der Waals surface area (Å²) in [6.45, 7) is 0.974. The predicted molar refractivity (Wildman–Crippen MR) is 95.1 cm³/mol. The summed E-state index contributed by atoms with van der Waals surface area (Å²) >= 11 is 0. The molecule has 25 heavy (non-hydrogen) atoms. The quantitative estimate of drug-likeness (QED) is 0.806. The zero-order valence-corrected chi connectivity index (χ0v) is 13.7. The first kappa shape index (κ1) is 14.5. The normalized spacial score (nSPS) is 26.1. The van der Waals surface area contributed by atoms with E-state index in [-0.39, 0.29) is 18.0 Å². The van der Waals surface area contributed by atoms with Crippen molar-refractivity contribution in [2.75, 3.05) is 11.9 Å². The van der Waals surface area contributed by atoms with E-state index >= 15 is 0 Å². The number of furan rings is 1. The average molecular weight is 333 g/mol. The molecule has 5 rings (SSSR count). The van der Waals surface area contributed by atoms with Crippen molar-refractivity contribution in [3.8, 4) is 0 Å². The molecule has 2 aromatic rings. The molecule has 5 nitrogen and oxygen atoms in total. The van der Waals surface area contributed by atoms with Crippen molar-refractivity contribution < 1.29 is 9.21 Å². The fraction of sp³-hybridized carbons (Fsp3) is 0.250. The topological polar surface area (TPSA) is 66.3 Å². The lowest BCUT2D eigenvalue weighted by atomic mass is 9.81. The molecule has 0 spiro atoms. The summed E-state index contributed by atoms with van der Waals surface area (Å²) in [7, 11) is 0. The Morgan fingerprint density at radius 3 is 2.92 bits per heavy atom. The Hall–Kier alpha value is -2.79. The number of amides is 1. The largest absolute Gasteiger partial charge is 0.467 e. The number of benzene rings is 1. The lowest BCUT2D eigenvalue weighted by Crippen LogP contribution is -2.32. The zero-order valence-electron chi connectivity index (χ0n) is 13.7. The van der Waals surface area contributed by atoms with Crippen LogP contribution in [0, 0.1) is 5.92 Å². The number of hydrogen-bond donors (Lipinski definition) is 3. The van der Waals surface area contributed by atoms with Crippen LogP contribution in [0.5, 0.6) is 0 Å². The van der Waals surface area contributed by atoms with E-state index in [0.717, 1.165) is 35.7 Å². The first-order valence-electron chi connectivity index (χ1n) is 8.66. The van der Waals surface area contributed by atoms with Crippen LogP contribution in [0.15, 0.2) is 64.9 Å². The number of fused-ring (bicyclic) bond motifs is 3. The van der Waals surface area contributed by atoms with Crippen LogP contribution in [-0.2, 0) is 0 Å². The number of allylic oxidation sites excluding steroid dienone is 3. The van der Waals surface area contributed by atoms with Gasteiger partial charge in [-0.2, -0.15) is 0 Å². The summed E-state index contributed by atoms with van der Waals surface area (Å²) in [4.78, 5) is 12.4. The first-order valence-corrected chi connectivity index (χ1v) is 8.66. The van der Waals surface area contributed by atoms with Crippen molar-refractivity contribution in [1.29, 1.82) is 0 Å². The van der Waals surface area contributed by atoms with Gasteiger partial charge in [-0.15, -0.1) is 0 Å². The minimum Gasteiger partial charge on any atom is -0.467 e. The van der Waals surface area contributed by atoms with E-state index in [2.05, 4.69) is 16.0 Å².